The lowest BCUT2D eigenvalue weighted by molar-refractivity contribution is 0.481. The van der Waals surface area contributed by atoms with Crippen LogP contribution in [0.1, 0.15) is 11.1 Å². The summed E-state index contributed by atoms with van der Waals surface area (Å²) in [5, 5.41) is 11.3. The maximum Gasteiger partial charge on any atom is 0.265 e. The van der Waals surface area contributed by atoms with Gasteiger partial charge in [-0.3, -0.25) is 4.79 Å². The number of benzene rings is 2. The molecule has 0 amide bonds. The van der Waals surface area contributed by atoms with Gasteiger partial charge in [0.05, 0.1) is 16.6 Å². The topological polar surface area (TPSA) is 70.9 Å². The van der Waals surface area contributed by atoms with Gasteiger partial charge in [0.2, 0.25) is 0 Å². The van der Waals surface area contributed by atoms with Crippen LogP contribution in [0.4, 0.5) is 0 Å². The maximum atomic E-state index is 12.8. The van der Waals surface area contributed by atoms with Crippen molar-refractivity contribution in [3.8, 4) is 17.1 Å². The first-order chi connectivity index (χ1) is 11.5. The molecule has 5 nitrogen and oxygen atoms in total. The number of aromatic amines is 1. The summed E-state index contributed by atoms with van der Waals surface area (Å²) in [5.74, 6) is 0.347. The molecule has 0 saturated heterocycles. The Labute approximate surface area is 138 Å². The molecular formula is C19H17N3O2. The highest BCUT2D eigenvalue weighted by atomic mass is 16.3. The largest absolute Gasteiger partial charge is 0.506 e. The van der Waals surface area contributed by atoms with Gasteiger partial charge in [-0.15, -0.1) is 0 Å². The van der Waals surface area contributed by atoms with Gasteiger partial charge in [0.1, 0.15) is 17.1 Å². The average molecular weight is 319 g/mol. The number of H-pyrrole nitrogens is 1. The van der Waals surface area contributed by atoms with Gasteiger partial charge in [-0.05, 0) is 49.2 Å². The predicted molar refractivity (Wildman–Crippen MR) is 95.4 cm³/mol. The van der Waals surface area contributed by atoms with Crippen LogP contribution < -0.4 is 5.56 Å². The molecule has 0 saturated carbocycles. The minimum atomic E-state index is -0.279. The first kappa shape index (κ1) is 14.5. The van der Waals surface area contributed by atoms with Crippen molar-refractivity contribution in [2.75, 3.05) is 0 Å². The average Bonchev–Trinajstić information content (AvgIpc) is 2.95. The third kappa shape index (κ3) is 1.94. The number of hydrogen-bond donors (Lipinski definition) is 2. The molecule has 0 fully saturated rings. The van der Waals surface area contributed by atoms with Gasteiger partial charge in [0.25, 0.3) is 5.56 Å². The number of imidazole rings is 1. The Morgan fingerprint density at radius 1 is 1.12 bits per heavy atom. The lowest BCUT2D eigenvalue weighted by atomic mass is 10.1. The summed E-state index contributed by atoms with van der Waals surface area (Å²) in [5.41, 5.74) is 4.52. The standard InChI is InChI=1S/C19H17N3O2/c1-10-8-13-14(9-11(10)2)21-18(20-13)16-17(23)12-6-4-5-7-15(12)22(3)19(16)24/h4-9,23H,1-3H3,(H,20,21). The Bertz CT molecular complexity index is 1130. The van der Waals surface area contributed by atoms with E-state index in [2.05, 4.69) is 9.97 Å². The number of aromatic nitrogens is 3. The number of para-hydroxylation sites is 1. The fourth-order valence-electron chi connectivity index (χ4n) is 3.08. The van der Waals surface area contributed by atoms with Crippen LogP contribution in [-0.4, -0.2) is 19.6 Å². The van der Waals surface area contributed by atoms with Crippen molar-refractivity contribution < 1.29 is 5.11 Å². The van der Waals surface area contributed by atoms with Crippen molar-refractivity contribution in [1.29, 1.82) is 0 Å². The third-order valence-electron chi connectivity index (χ3n) is 4.61. The van der Waals surface area contributed by atoms with Crippen LogP contribution in [0.5, 0.6) is 5.75 Å². The lowest BCUT2D eigenvalue weighted by Crippen LogP contribution is -2.19. The van der Waals surface area contributed by atoms with Crippen molar-refractivity contribution in [1.82, 2.24) is 14.5 Å². The van der Waals surface area contributed by atoms with E-state index in [1.165, 1.54) is 4.57 Å². The summed E-state index contributed by atoms with van der Waals surface area (Å²) in [7, 11) is 1.70. The van der Waals surface area contributed by atoms with Crippen LogP contribution in [0.2, 0.25) is 0 Å². The van der Waals surface area contributed by atoms with E-state index < -0.39 is 0 Å². The van der Waals surface area contributed by atoms with Crippen LogP contribution in [0.3, 0.4) is 0 Å². The van der Waals surface area contributed by atoms with Crippen LogP contribution in [0.25, 0.3) is 33.3 Å². The quantitative estimate of drug-likeness (QED) is 0.565. The molecule has 0 aliphatic rings. The summed E-state index contributed by atoms with van der Waals surface area (Å²) >= 11 is 0. The van der Waals surface area contributed by atoms with E-state index in [1.807, 2.05) is 44.2 Å². The number of aromatic hydroxyl groups is 1. The molecule has 4 aromatic rings. The van der Waals surface area contributed by atoms with Crippen molar-refractivity contribution in [2.24, 2.45) is 7.05 Å². The van der Waals surface area contributed by atoms with E-state index in [4.69, 9.17) is 0 Å². The molecule has 2 aromatic carbocycles. The van der Waals surface area contributed by atoms with Crippen molar-refractivity contribution in [3.63, 3.8) is 0 Å². The van der Waals surface area contributed by atoms with E-state index in [0.717, 1.165) is 22.2 Å². The number of aryl methyl sites for hydroxylation is 3. The molecule has 24 heavy (non-hydrogen) atoms. The number of pyridine rings is 1. The van der Waals surface area contributed by atoms with Gasteiger partial charge < -0.3 is 14.7 Å². The second-order valence-corrected chi connectivity index (χ2v) is 6.14. The van der Waals surface area contributed by atoms with Gasteiger partial charge in [-0.2, -0.15) is 0 Å². The molecule has 4 rings (SSSR count). The van der Waals surface area contributed by atoms with Crippen LogP contribution in [0.15, 0.2) is 41.2 Å². The number of nitrogens with one attached hydrogen (secondary N) is 1. The number of hydrogen-bond acceptors (Lipinski definition) is 3. The number of nitrogens with zero attached hydrogens (tertiary/aromatic N) is 2. The molecule has 2 N–H and O–H groups in total. The highest BCUT2D eigenvalue weighted by molar-refractivity contribution is 5.92. The molecule has 0 unspecified atom stereocenters. The molecule has 0 aliphatic heterocycles. The monoisotopic (exact) mass is 319 g/mol. The SMILES string of the molecule is Cc1cc2nc(-c3c(O)c4ccccc4n(C)c3=O)[nH]c2cc1C. The molecule has 0 aliphatic carbocycles. The summed E-state index contributed by atoms with van der Waals surface area (Å²) in [4.78, 5) is 20.5. The minimum absolute atomic E-state index is 0.0406. The molecule has 2 aromatic heterocycles. The highest BCUT2D eigenvalue weighted by Crippen LogP contribution is 2.32. The molecule has 0 atom stereocenters. The fourth-order valence-corrected chi connectivity index (χ4v) is 3.08. The van der Waals surface area contributed by atoms with E-state index >= 15 is 0 Å². The summed E-state index contributed by atoms with van der Waals surface area (Å²) in [6.07, 6.45) is 0. The Morgan fingerprint density at radius 2 is 1.83 bits per heavy atom. The zero-order valence-electron chi connectivity index (χ0n) is 13.7. The second kappa shape index (κ2) is 4.96. The van der Waals surface area contributed by atoms with Gasteiger partial charge in [0.15, 0.2) is 0 Å². The van der Waals surface area contributed by atoms with E-state index in [9.17, 15) is 9.90 Å². The van der Waals surface area contributed by atoms with Crippen LogP contribution in [-0.2, 0) is 7.05 Å². The molecule has 0 bridgehead atoms. The molecular weight excluding hydrogens is 302 g/mol. The van der Waals surface area contributed by atoms with Crippen molar-refractivity contribution >= 4 is 21.9 Å². The Morgan fingerprint density at radius 3 is 2.62 bits per heavy atom. The highest BCUT2D eigenvalue weighted by Gasteiger charge is 2.19. The molecule has 5 heteroatoms. The summed E-state index contributed by atoms with van der Waals surface area (Å²) in [6.45, 7) is 4.05. The Balaban J connectivity index is 2.08. The Hall–Kier alpha value is -3.08. The van der Waals surface area contributed by atoms with Gasteiger partial charge in [0, 0.05) is 12.4 Å². The predicted octanol–water partition coefficient (Wildman–Crippen LogP) is 3.40. The third-order valence-corrected chi connectivity index (χ3v) is 4.61. The zero-order valence-corrected chi connectivity index (χ0v) is 13.7. The van der Waals surface area contributed by atoms with Crippen molar-refractivity contribution in [2.45, 2.75) is 13.8 Å². The van der Waals surface area contributed by atoms with E-state index in [0.29, 0.717) is 16.7 Å². The first-order valence-electron chi connectivity index (χ1n) is 7.75. The summed E-state index contributed by atoms with van der Waals surface area (Å²) in [6, 6.07) is 11.3. The fraction of sp³-hybridized carbons (Fsp3) is 0.158. The molecule has 0 radical (unpaired) electrons. The normalized spacial score (nSPS) is 11.5. The van der Waals surface area contributed by atoms with Crippen LogP contribution >= 0.6 is 0 Å². The number of rotatable bonds is 1. The minimum Gasteiger partial charge on any atom is -0.506 e. The number of fused-ring (bicyclic) bond motifs is 2. The molecule has 0 spiro atoms. The lowest BCUT2D eigenvalue weighted by Gasteiger charge is -2.10. The second-order valence-electron chi connectivity index (χ2n) is 6.14. The van der Waals surface area contributed by atoms with Gasteiger partial charge in [-0.1, -0.05) is 12.1 Å². The van der Waals surface area contributed by atoms with E-state index in [-0.39, 0.29) is 16.9 Å². The van der Waals surface area contributed by atoms with E-state index in [1.54, 1.807) is 13.1 Å². The van der Waals surface area contributed by atoms with Gasteiger partial charge >= 0.3 is 0 Å². The molecule has 2 heterocycles. The van der Waals surface area contributed by atoms with Crippen LogP contribution in [0, 0.1) is 13.8 Å². The Kier molecular flexibility index (Phi) is 3.00. The smallest absolute Gasteiger partial charge is 0.265 e. The zero-order chi connectivity index (χ0) is 17.0. The first-order valence-corrected chi connectivity index (χ1v) is 7.75. The summed E-state index contributed by atoms with van der Waals surface area (Å²) < 4.78 is 1.54. The molecule has 120 valence electrons. The maximum absolute atomic E-state index is 12.8. The van der Waals surface area contributed by atoms with Crippen molar-refractivity contribution in [3.05, 3.63) is 57.9 Å². The van der Waals surface area contributed by atoms with Gasteiger partial charge in [-0.25, -0.2) is 4.98 Å².